The van der Waals surface area contributed by atoms with E-state index in [1.165, 1.54) is 0 Å². The molecule has 1 aromatic heterocycles. The highest BCUT2D eigenvalue weighted by atomic mass is 16.7. The summed E-state index contributed by atoms with van der Waals surface area (Å²) in [6, 6.07) is 9.10. The van der Waals surface area contributed by atoms with Crippen LogP contribution in [0.25, 0.3) is 0 Å². The van der Waals surface area contributed by atoms with E-state index in [2.05, 4.69) is 15.6 Å². The average molecular weight is 299 g/mol. The second-order valence-corrected chi connectivity index (χ2v) is 5.25. The third kappa shape index (κ3) is 3.11. The zero-order valence-electron chi connectivity index (χ0n) is 12.4. The van der Waals surface area contributed by atoms with Crippen molar-refractivity contribution in [3.05, 3.63) is 42.2 Å². The van der Waals surface area contributed by atoms with Crippen molar-refractivity contribution in [2.24, 2.45) is 0 Å². The largest absolute Gasteiger partial charge is 0.454 e. The number of benzene rings is 1. The van der Waals surface area contributed by atoms with Crippen LogP contribution >= 0.6 is 0 Å². The maximum Gasteiger partial charge on any atom is 0.274 e. The first-order valence-corrected chi connectivity index (χ1v) is 7.05. The number of nitrogens with zero attached hydrogens (tertiary/aromatic N) is 1. The van der Waals surface area contributed by atoms with Crippen molar-refractivity contribution in [2.75, 3.05) is 17.4 Å². The Balaban J connectivity index is 1.69. The number of carbonyl (C=O) groups excluding carboxylic acids is 1. The number of rotatable bonds is 4. The number of hydrogen-bond donors (Lipinski definition) is 2. The first kappa shape index (κ1) is 14.2. The van der Waals surface area contributed by atoms with Crippen molar-refractivity contribution in [2.45, 2.75) is 19.9 Å². The van der Waals surface area contributed by atoms with E-state index in [-0.39, 0.29) is 12.7 Å². The normalized spacial score (nSPS) is 12.3. The number of nitrogens with one attached hydrogen (secondary N) is 2. The summed E-state index contributed by atoms with van der Waals surface area (Å²) in [5.74, 6) is 1.04. The second kappa shape index (κ2) is 5.93. The van der Waals surface area contributed by atoms with E-state index in [4.69, 9.17) is 9.47 Å². The predicted octanol–water partition coefficient (Wildman–Crippen LogP) is 2.88. The summed E-state index contributed by atoms with van der Waals surface area (Å²) in [7, 11) is 0. The molecule has 2 heterocycles. The van der Waals surface area contributed by atoms with Gasteiger partial charge >= 0.3 is 0 Å². The Morgan fingerprint density at radius 1 is 1.14 bits per heavy atom. The van der Waals surface area contributed by atoms with Crippen molar-refractivity contribution >= 4 is 17.3 Å². The number of ether oxygens (including phenoxy) is 2. The second-order valence-electron chi connectivity index (χ2n) is 5.25. The van der Waals surface area contributed by atoms with Crippen molar-refractivity contribution in [3.8, 4) is 11.5 Å². The lowest BCUT2D eigenvalue weighted by molar-refractivity contribution is 0.102. The topological polar surface area (TPSA) is 72.5 Å². The van der Waals surface area contributed by atoms with Gasteiger partial charge in [0.25, 0.3) is 5.91 Å². The Morgan fingerprint density at radius 3 is 2.64 bits per heavy atom. The van der Waals surface area contributed by atoms with Crippen molar-refractivity contribution in [1.82, 2.24) is 4.98 Å². The van der Waals surface area contributed by atoms with Crippen molar-refractivity contribution < 1.29 is 14.3 Å². The Hall–Kier alpha value is -2.76. The summed E-state index contributed by atoms with van der Waals surface area (Å²) < 4.78 is 10.5. The zero-order valence-corrected chi connectivity index (χ0v) is 12.4. The third-order valence-electron chi connectivity index (χ3n) is 3.08. The molecule has 0 aliphatic carbocycles. The average Bonchev–Trinajstić information content (AvgIpc) is 2.95. The smallest absolute Gasteiger partial charge is 0.274 e. The maximum absolute atomic E-state index is 12.2. The highest BCUT2D eigenvalue weighted by Crippen LogP contribution is 2.34. The molecule has 1 amide bonds. The van der Waals surface area contributed by atoms with Gasteiger partial charge in [0, 0.05) is 17.8 Å². The Kier molecular flexibility index (Phi) is 3.82. The lowest BCUT2D eigenvalue weighted by Gasteiger charge is -2.10. The van der Waals surface area contributed by atoms with Crippen LogP contribution in [0, 0.1) is 0 Å². The van der Waals surface area contributed by atoms with Gasteiger partial charge in [-0.1, -0.05) is 0 Å². The molecule has 2 N–H and O–H groups in total. The summed E-state index contributed by atoms with van der Waals surface area (Å²) in [5.41, 5.74) is 1.88. The number of pyridine rings is 1. The summed E-state index contributed by atoms with van der Waals surface area (Å²) >= 11 is 0. The highest BCUT2D eigenvalue weighted by molar-refractivity contribution is 6.03. The molecule has 0 saturated heterocycles. The molecular weight excluding hydrogens is 282 g/mol. The maximum atomic E-state index is 12.2. The van der Waals surface area contributed by atoms with Crippen LogP contribution in [0.3, 0.4) is 0 Å². The predicted molar refractivity (Wildman–Crippen MR) is 83.5 cm³/mol. The van der Waals surface area contributed by atoms with Gasteiger partial charge in [-0.05, 0) is 38.1 Å². The van der Waals surface area contributed by atoms with Crippen molar-refractivity contribution in [1.29, 1.82) is 0 Å². The monoisotopic (exact) mass is 299 g/mol. The van der Waals surface area contributed by atoms with Gasteiger partial charge in [-0.2, -0.15) is 0 Å². The molecular formula is C16H17N3O3. The number of amides is 1. The van der Waals surface area contributed by atoms with Crippen LogP contribution in [0.1, 0.15) is 24.3 Å². The van der Waals surface area contributed by atoms with E-state index in [1.807, 2.05) is 19.9 Å². The van der Waals surface area contributed by atoms with E-state index in [1.54, 1.807) is 30.5 Å². The fourth-order valence-electron chi connectivity index (χ4n) is 2.12. The van der Waals surface area contributed by atoms with E-state index in [0.717, 1.165) is 5.69 Å². The summed E-state index contributed by atoms with van der Waals surface area (Å²) in [4.78, 5) is 16.4. The Bertz CT molecular complexity index is 684. The highest BCUT2D eigenvalue weighted by Gasteiger charge is 2.15. The van der Waals surface area contributed by atoms with Gasteiger partial charge in [-0.15, -0.1) is 0 Å². The van der Waals surface area contributed by atoms with Crippen LogP contribution in [-0.4, -0.2) is 23.7 Å². The van der Waals surface area contributed by atoms with E-state index in [9.17, 15) is 4.79 Å². The molecule has 0 saturated carbocycles. The first-order chi connectivity index (χ1) is 10.6. The van der Waals surface area contributed by atoms with Gasteiger partial charge in [0.05, 0.1) is 11.9 Å². The minimum Gasteiger partial charge on any atom is -0.454 e. The van der Waals surface area contributed by atoms with Gasteiger partial charge in [0.1, 0.15) is 5.69 Å². The van der Waals surface area contributed by atoms with Crippen LogP contribution < -0.4 is 20.1 Å². The fraction of sp³-hybridized carbons (Fsp3) is 0.250. The summed E-state index contributed by atoms with van der Waals surface area (Å²) in [6.07, 6.45) is 1.65. The number of hydrogen-bond acceptors (Lipinski definition) is 5. The molecule has 114 valence electrons. The molecule has 0 spiro atoms. The lowest BCUT2D eigenvalue weighted by Crippen LogP contribution is -2.14. The van der Waals surface area contributed by atoms with Crippen LogP contribution in [0.2, 0.25) is 0 Å². The molecule has 2 aromatic rings. The van der Waals surface area contributed by atoms with E-state index < -0.39 is 0 Å². The van der Waals surface area contributed by atoms with Crippen LogP contribution in [-0.2, 0) is 0 Å². The number of fused-ring (bicyclic) bond motifs is 1. The third-order valence-corrected chi connectivity index (χ3v) is 3.08. The fourth-order valence-corrected chi connectivity index (χ4v) is 2.12. The van der Waals surface area contributed by atoms with Crippen LogP contribution in [0.4, 0.5) is 11.4 Å². The molecule has 22 heavy (non-hydrogen) atoms. The van der Waals surface area contributed by atoms with Gasteiger partial charge < -0.3 is 20.1 Å². The molecule has 0 fully saturated rings. The molecule has 0 radical (unpaired) electrons. The van der Waals surface area contributed by atoms with Crippen LogP contribution in [0.15, 0.2) is 36.5 Å². The van der Waals surface area contributed by atoms with Crippen molar-refractivity contribution in [3.63, 3.8) is 0 Å². The zero-order chi connectivity index (χ0) is 15.5. The molecule has 1 aliphatic heterocycles. The molecule has 0 unspecified atom stereocenters. The molecule has 6 nitrogen and oxygen atoms in total. The minimum absolute atomic E-state index is 0.207. The molecule has 1 aliphatic rings. The first-order valence-electron chi connectivity index (χ1n) is 7.05. The Labute approximate surface area is 128 Å². The van der Waals surface area contributed by atoms with Gasteiger partial charge in [-0.25, -0.2) is 4.98 Å². The quantitative estimate of drug-likeness (QED) is 0.908. The van der Waals surface area contributed by atoms with E-state index in [0.29, 0.717) is 28.9 Å². The van der Waals surface area contributed by atoms with Gasteiger partial charge in [0.2, 0.25) is 6.79 Å². The van der Waals surface area contributed by atoms with Crippen LogP contribution in [0.5, 0.6) is 11.5 Å². The molecule has 6 heteroatoms. The molecule has 1 aromatic carbocycles. The van der Waals surface area contributed by atoms with Gasteiger partial charge in [0.15, 0.2) is 11.5 Å². The van der Waals surface area contributed by atoms with Gasteiger partial charge in [-0.3, -0.25) is 4.79 Å². The number of aromatic nitrogens is 1. The lowest BCUT2D eigenvalue weighted by atomic mass is 10.2. The van der Waals surface area contributed by atoms with E-state index >= 15 is 0 Å². The molecule has 3 rings (SSSR count). The molecule has 0 atom stereocenters. The Morgan fingerprint density at radius 2 is 1.91 bits per heavy atom. The standard InChI is InChI=1S/C16H17N3O3/c1-10(2)18-12-3-5-13(17-8-12)16(20)19-11-4-6-14-15(7-11)22-9-21-14/h3-8,10,18H,9H2,1-2H3,(H,19,20). The number of carbonyl (C=O) groups is 1. The minimum atomic E-state index is -0.269. The summed E-state index contributed by atoms with van der Waals surface area (Å²) in [5, 5.41) is 6.01. The number of anilines is 2. The molecule has 0 bridgehead atoms. The summed E-state index contributed by atoms with van der Waals surface area (Å²) in [6.45, 7) is 4.29. The SMILES string of the molecule is CC(C)Nc1ccc(C(=O)Nc2ccc3c(c2)OCO3)nc1.